The molecule has 96 valence electrons. The van der Waals surface area contributed by atoms with Crippen molar-refractivity contribution in [2.45, 2.75) is 39.2 Å². The van der Waals surface area contributed by atoms with Crippen LogP contribution in [-0.4, -0.2) is 12.6 Å². The molecule has 5 heteroatoms. The Labute approximate surface area is 114 Å². The number of nitrogens with two attached hydrogens (primary N) is 1. The molecule has 2 N–H and O–H groups in total. The predicted molar refractivity (Wildman–Crippen MR) is 74.2 cm³/mol. The molecule has 1 unspecified atom stereocenters. The molecule has 0 saturated heterocycles. The molecule has 0 saturated carbocycles. The van der Waals surface area contributed by atoms with E-state index in [0.717, 1.165) is 17.3 Å². The van der Waals surface area contributed by atoms with E-state index >= 15 is 0 Å². The van der Waals surface area contributed by atoms with Gasteiger partial charge in [-0.05, 0) is 48.7 Å². The van der Waals surface area contributed by atoms with Crippen LogP contribution in [0.15, 0.2) is 10.5 Å². The first-order valence-electron chi connectivity index (χ1n) is 5.71. The maximum Gasteiger partial charge on any atom is 0.305 e. The van der Waals surface area contributed by atoms with Gasteiger partial charge in [-0.1, -0.05) is 0 Å². The van der Waals surface area contributed by atoms with Gasteiger partial charge in [0.1, 0.15) is 0 Å². The van der Waals surface area contributed by atoms with Gasteiger partial charge in [-0.15, -0.1) is 11.3 Å². The van der Waals surface area contributed by atoms with Crippen LogP contribution in [0.1, 0.15) is 42.0 Å². The Bertz CT molecular complexity index is 359. The molecule has 1 aromatic rings. The number of rotatable bonds is 6. The van der Waals surface area contributed by atoms with Crippen LogP contribution in [0.4, 0.5) is 0 Å². The van der Waals surface area contributed by atoms with Gasteiger partial charge in [0.25, 0.3) is 0 Å². The molecule has 1 atom stereocenters. The Balaban J connectivity index is 2.34. The zero-order valence-electron chi connectivity index (χ0n) is 10.2. The smallest absolute Gasteiger partial charge is 0.305 e. The van der Waals surface area contributed by atoms with Crippen LogP contribution < -0.4 is 5.73 Å². The number of ether oxygens (including phenoxy) is 1. The number of aryl methyl sites for hydroxylation is 1. The van der Waals surface area contributed by atoms with Gasteiger partial charge in [0.2, 0.25) is 0 Å². The van der Waals surface area contributed by atoms with Gasteiger partial charge in [0, 0.05) is 26.7 Å². The van der Waals surface area contributed by atoms with Crippen molar-refractivity contribution < 1.29 is 9.53 Å². The second kappa shape index (κ2) is 7.13. The summed E-state index contributed by atoms with van der Waals surface area (Å²) in [5, 5.41) is 0. The first kappa shape index (κ1) is 14.7. The van der Waals surface area contributed by atoms with Crippen molar-refractivity contribution in [3.63, 3.8) is 0 Å². The molecule has 0 bridgehead atoms. The molecule has 0 fully saturated rings. The van der Waals surface area contributed by atoms with Crippen LogP contribution >= 0.6 is 27.3 Å². The number of hydrogen-bond donors (Lipinski definition) is 1. The lowest BCUT2D eigenvalue weighted by molar-refractivity contribution is -0.143. The second-order valence-corrected chi connectivity index (χ2v) is 6.00. The van der Waals surface area contributed by atoms with Gasteiger partial charge >= 0.3 is 5.97 Å². The molecular weight excluding hydrogens is 302 g/mol. The summed E-state index contributed by atoms with van der Waals surface area (Å²) in [6.45, 7) is 4.32. The van der Waals surface area contributed by atoms with Crippen molar-refractivity contribution >= 4 is 33.2 Å². The summed E-state index contributed by atoms with van der Waals surface area (Å²) in [7, 11) is 0. The topological polar surface area (TPSA) is 52.3 Å². The molecule has 1 rings (SSSR count). The number of carbonyl (C=O) groups excluding carboxylic acids is 1. The highest BCUT2D eigenvalue weighted by molar-refractivity contribution is 9.10. The lowest BCUT2D eigenvalue weighted by Gasteiger charge is -2.08. The first-order valence-corrected chi connectivity index (χ1v) is 7.32. The molecule has 1 aromatic heterocycles. The summed E-state index contributed by atoms with van der Waals surface area (Å²) in [6.07, 6.45) is 2.03. The van der Waals surface area contributed by atoms with E-state index in [1.165, 1.54) is 9.75 Å². The van der Waals surface area contributed by atoms with Crippen molar-refractivity contribution in [1.29, 1.82) is 0 Å². The molecule has 0 aliphatic carbocycles. The fourth-order valence-corrected chi connectivity index (χ4v) is 3.10. The van der Waals surface area contributed by atoms with Gasteiger partial charge in [-0.2, -0.15) is 0 Å². The molecule has 3 nitrogen and oxygen atoms in total. The van der Waals surface area contributed by atoms with Gasteiger partial charge < -0.3 is 10.5 Å². The molecule has 17 heavy (non-hydrogen) atoms. The van der Waals surface area contributed by atoms with Crippen LogP contribution in [-0.2, 0) is 9.53 Å². The van der Waals surface area contributed by atoms with E-state index in [4.69, 9.17) is 10.5 Å². The Morgan fingerprint density at radius 3 is 2.88 bits per heavy atom. The Morgan fingerprint density at radius 1 is 1.65 bits per heavy atom. The Morgan fingerprint density at radius 2 is 2.35 bits per heavy atom. The SMILES string of the molecule is CCOC(=O)CCCC(N)c1cc(Br)c(C)s1. The van der Waals surface area contributed by atoms with E-state index in [0.29, 0.717) is 13.0 Å². The lowest BCUT2D eigenvalue weighted by Crippen LogP contribution is -2.10. The molecule has 0 radical (unpaired) electrons. The summed E-state index contributed by atoms with van der Waals surface area (Å²) in [4.78, 5) is 13.6. The van der Waals surface area contributed by atoms with Crippen molar-refractivity contribution in [2.75, 3.05) is 6.61 Å². The van der Waals surface area contributed by atoms with Crippen molar-refractivity contribution in [3.05, 3.63) is 20.3 Å². The molecular formula is C12H18BrNO2S. The maximum atomic E-state index is 11.2. The average Bonchev–Trinajstić information content (AvgIpc) is 2.59. The van der Waals surface area contributed by atoms with E-state index < -0.39 is 0 Å². The van der Waals surface area contributed by atoms with Crippen LogP contribution in [0.2, 0.25) is 0 Å². The van der Waals surface area contributed by atoms with Gasteiger partial charge in [-0.3, -0.25) is 4.79 Å². The minimum Gasteiger partial charge on any atom is -0.466 e. The fraction of sp³-hybridized carbons (Fsp3) is 0.583. The van der Waals surface area contributed by atoms with E-state index in [9.17, 15) is 4.79 Å². The largest absolute Gasteiger partial charge is 0.466 e. The summed E-state index contributed by atoms with van der Waals surface area (Å²) in [6, 6.07) is 2.08. The summed E-state index contributed by atoms with van der Waals surface area (Å²) < 4.78 is 5.98. The van der Waals surface area contributed by atoms with E-state index in [1.807, 2.05) is 6.92 Å². The third kappa shape index (κ3) is 4.77. The predicted octanol–water partition coefficient (Wildman–Crippen LogP) is 3.55. The minimum atomic E-state index is -0.136. The Kier molecular flexibility index (Phi) is 6.16. The van der Waals surface area contributed by atoms with Crippen molar-refractivity contribution in [3.8, 4) is 0 Å². The molecule has 0 aromatic carbocycles. The second-order valence-electron chi connectivity index (χ2n) is 3.86. The van der Waals surface area contributed by atoms with E-state index in [2.05, 4.69) is 28.9 Å². The third-order valence-electron chi connectivity index (χ3n) is 2.44. The molecule has 0 aliphatic rings. The normalized spacial score (nSPS) is 12.5. The number of hydrogen-bond acceptors (Lipinski definition) is 4. The van der Waals surface area contributed by atoms with Crippen LogP contribution in [0.3, 0.4) is 0 Å². The zero-order chi connectivity index (χ0) is 12.8. The van der Waals surface area contributed by atoms with Crippen LogP contribution in [0, 0.1) is 6.92 Å². The van der Waals surface area contributed by atoms with Crippen LogP contribution in [0.5, 0.6) is 0 Å². The van der Waals surface area contributed by atoms with E-state index in [1.54, 1.807) is 11.3 Å². The third-order valence-corrected chi connectivity index (χ3v) is 4.71. The highest BCUT2D eigenvalue weighted by atomic mass is 79.9. The van der Waals surface area contributed by atoms with Gasteiger partial charge in [-0.25, -0.2) is 0 Å². The number of thiophene rings is 1. The number of halogens is 1. The molecule has 0 amide bonds. The summed E-state index contributed by atoms with van der Waals surface area (Å²) in [5.41, 5.74) is 6.07. The highest BCUT2D eigenvalue weighted by Gasteiger charge is 2.12. The first-order chi connectivity index (χ1) is 8.04. The van der Waals surface area contributed by atoms with E-state index in [-0.39, 0.29) is 12.0 Å². The average molecular weight is 320 g/mol. The number of esters is 1. The van der Waals surface area contributed by atoms with Crippen LogP contribution in [0.25, 0.3) is 0 Å². The van der Waals surface area contributed by atoms with Gasteiger partial charge in [0.15, 0.2) is 0 Å². The van der Waals surface area contributed by atoms with Gasteiger partial charge in [0.05, 0.1) is 6.61 Å². The Hall–Kier alpha value is -0.390. The summed E-state index contributed by atoms with van der Waals surface area (Å²) in [5.74, 6) is -0.136. The fourth-order valence-electron chi connectivity index (χ4n) is 1.51. The molecule has 1 heterocycles. The molecule has 0 aliphatic heterocycles. The zero-order valence-corrected chi connectivity index (χ0v) is 12.6. The monoisotopic (exact) mass is 319 g/mol. The lowest BCUT2D eigenvalue weighted by atomic mass is 10.1. The minimum absolute atomic E-state index is 0.0134. The maximum absolute atomic E-state index is 11.2. The quantitative estimate of drug-likeness (QED) is 0.816. The standard InChI is InChI=1S/C12H18BrNO2S/c1-3-16-12(15)6-4-5-10(14)11-7-9(13)8(2)17-11/h7,10H,3-6,14H2,1-2H3. The molecule has 0 spiro atoms. The summed E-state index contributed by atoms with van der Waals surface area (Å²) >= 11 is 5.18. The highest BCUT2D eigenvalue weighted by Crippen LogP contribution is 2.31. The number of carbonyl (C=O) groups is 1. The van der Waals surface area contributed by atoms with Crippen molar-refractivity contribution in [1.82, 2.24) is 0 Å². The van der Waals surface area contributed by atoms with Crippen molar-refractivity contribution in [2.24, 2.45) is 5.73 Å².